The second kappa shape index (κ2) is 10.0. The lowest BCUT2D eigenvalue weighted by atomic mass is 10.1. The zero-order valence-electron chi connectivity index (χ0n) is 16.5. The van der Waals surface area contributed by atoms with Crippen molar-refractivity contribution in [3.8, 4) is 11.5 Å². The number of amides is 3. The number of nitrogens with zero attached hydrogens (tertiary/aromatic N) is 2. The second-order valence-electron chi connectivity index (χ2n) is 6.54. The molecule has 0 aliphatic carbocycles. The molecule has 1 heterocycles. The number of hydrogen-bond donors (Lipinski definition) is 1. The van der Waals surface area contributed by atoms with Crippen molar-refractivity contribution in [2.75, 3.05) is 54.6 Å². The topological polar surface area (TPSA) is 80.3 Å². The summed E-state index contributed by atoms with van der Waals surface area (Å²) in [6.45, 7) is 2.09. The summed E-state index contributed by atoms with van der Waals surface area (Å²) < 4.78 is 15.8. The van der Waals surface area contributed by atoms with Crippen molar-refractivity contribution in [1.82, 2.24) is 15.1 Å². The number of carbonyl (C=O) groups excluding carboxylic acids is 2. The highest BCUT2D eigenvalue weighted by Gasteiger charge is 2.26. The quantitative estimate of drug-likeness (QED) is 0.778. The molecule has 8 heteroatoms. The Morgan fingerprint density at radius 2 is 1.89 bits per heavy atom. The minimum absolute atomic E-state index is 0.0572. The Balaban J connectivity index is 1.99. The van der Waals surface area contributed by atoms with E-state index in [0.29, 0.717) is 43.4 Å². The number of carbonyl (C=O) groups is 2. The zero-order valence-corrected chi connectivity index (χ0v) is 16.5. The maximum atomic E-state index is 12.5. The van der Waals surface area contributed by atoms with Crippen LogP contribution in [-0.2, 0) is 4.74 Å². The van der Waals surface area contributed by atoms with Gasteiger partial charge in [-0.1, -0.05) is 0 Å². The zero-order chi connectivity index (χ0) is 19.8. The van der Waals surface area contributed by atoms with Gasteiger partial charge >= 0.3 is 6.03 Å². The van der Waals surface area contributed by atoms with Crippen molar-refractivity contribution in [3.63, 3.8) is 0 Å². The Hall–Kier alpha value is -2.48. The molecule has 1 fully saturated rings. The van der Waals surface area contributed by atoms with E-state index in [1.165, 1.54) is 7.11 Å². The van der Waals surface area contributed by atoms with E-state index in [4.69, 9.17) is 14.2 Å². The van der Waals surface area contributed by atoms with Crippen LogP contribution < -0.4 is 14.8 Å². The molecule has 1 saturated heterocycles. The van der Waals surface area contributed by atoms with Gasteiger partial charge in [-0.15, -0.1) is 0 Å². The molecule has 1 aliphatic rings. The van der Waals surface area contributed by atoms with Crippen molar-refractivity contribution in [3.05, 3.63) is 23.8 Å². The monoisotopic (exact) mass is 379 g/mol. The van der Waals surface area contributed by atoms with Gasteiger partial charge in [-0.25, -0.2) is 4.79 Å². The average Bonchev–Trinajstić information content (AvgIpc) is 2.70. The molecule has 0 saturated carbocycles. The molecule has 0 aromatic heterocycles. The Kier molecular flexibility index (Phi) is 7.72. The van der Waals surface area contributed by atoms with Crippen LogP contribution in [0.4, 0.5) is 4.79 Å². The maximum absolute atomic E-state index is 12.5. The van der Waals surface area contributed by atoms with Crippen molar-refractivity contribution in [2.45, 2.75) is 18.9 Å². The van der Waals surface area contributed by atoms with Gasteiger partial charge in [0.15, 0.2) is 0 Å². The van der Waals surface area contributed by atoms with E-state index in [1.54, 1.807) is 44.3 Å². The van der Waals surface area contributed by atoms with Crippen molar-refractivity contribution < 1.29 is 23.8 Å². The first-order valence-electron chi connectivity index (χ1n) is 9.03. The predicted octanol–water partition coefficient (Wildman–Crippen LogP) is 1.60. The molecule has 0 radical (unpaired) electrons. The molecule has 150 valence electrons. The number of rotatable bonds is 7. The lowest BCUT2D eigenvalue weighted by molar-refractivity contribution is 0.0415. The van der Waals surface area contributed by atoms with E-state index in [2.05, 4.69) is 5.32 Å². The van der Waals surface area contributed by atoms with E-state index in [1.807, 2.05) is 4.90 Å². The average molecular weight is 379 g/mol. The Labute approximate surface area is 160 Å². The van der Waals surface area contributed by atoms with Crippen molar-refractivity contribution >= 4 is 11.9 Å². The highest BCUT2D eigenvalue weighted by Crippen LogP contribution is 2.24. The van der Waals surface area contributed by atoms with Crippen LogP contribution in [0.15, 0.2) is 18.2 Å². The fourth-order valence-corrected chi connectivity index (χ4v) is 3.06. The molecular weight excluding hydrogens is 350 g/mol. The van der Waals surface area contributed by atoms with Crippen LogP contribution in [0.2, 0.25) is 0 Å². The molecule has 0 spiro atoms. The van der Waals surface area contributed by atoms with Gasteiger partial charge in [0.1, 0.15) is 11.5 Å². The number of urea groups is 1. The van der Waals surface area contributed by atoms with Gasteiger partial charge in [-0.3, -0.25) is 4.79 Å². The minimum Gasteiger partial charge on any atom is -0.497 e. The largest absolute Gasteiger partial charge is 0.497 e. The summed E-state index contributed by atoms with van der Waals surface area (Å²) in [4.78, 5) is 28.4. The lowest BCUT2D eigenvalue weighted by Gasteiger charge is -2.36. The summed E-state index contributed by atoms with van der Waals surface area (Å²) in [5.74, 6) is 0.807. The number of ether oxygens (including phenoxy) is 3. The third-order valence-corrected chi connectivity index (χ3v) is 4.55. The van der Waals surface area contributed by atoms with E-state index in [0.717, 1.165) is 12.8 Å². The summed E-state index contributed by atoms with van der Waals surface area (Å²) in [5, 5.41) is 2.87. The second-order valence-corrected chi connectivity index (χ2v) is 6.54. The number of methoxy groups -OCH3 is 2. The third-order valence-electron chi connectivity index (χ3n) is 4.55. The molecule has 0 atom stereocenters. The van der Waals surface area contributed by atoms with Crippen LogP contribution in [0.25, 0.3) is 0 Å². The molecular formula is C19H29N3O5. The molecule has 3 amide bonds. The normalized spacial score (nSPS) is 14.4. The van der Waals surface area contributed by atoms with Gasteiger partial charge in [0.2, 0.25) is 0 Å². The van der Waals surface area contributed by atoms with E-state index < -0.39 is 0 Å². The summed E-state index contributed by atoms with van der Waals surface area (Å²) >= 11 is 0. The fourth-order valence-electron chi connectivity index (χ4n) is 3.06. The van der Waals surface area contributed by atoms with Crippen LogP contribution in [0.5, 0.6) is 11.5 Å². The van der Waals surface area contributed by atoms with Crippen molar-refractivity contribution in [1.29, 1.82) is 0 Å². The molecule has 1 aliphatic heterocycles. The van der Waals surface area contributed by atoms with Crippen LogP contribution in [0, 0.1) is 0 Å². The van der Waals surface area contributed by atoms with Gasteiger partial charge in [0.05, 0.1) is 19.8 Å². The van der Waals surface area contributed by atoms with Crippen LogP contribution in [0.1, 0.15) is 23.2 Å². The van der Waals surface area contributed by atoms with Gasteiger partial charge in [-0.2, -0.15) is 0 Å². The molecule has 1 N–H and O–H groups in total. The lowest BCUT2D eigenvalue weighted by Crippen LogP contribution is -2.50. The summed E-state index contributed by atoms with van der Waals surface area (Å²) in [7, 11) is 6.53. The summed E-state index contributed by atoms with van der Waals surface area (Å²) in [5.41, 5.74) is 0.426. The molecule has 0 unspecified atom stereocenters. The summed E-state index contributed by atoms with van der Waals surface area (Å²) in [6, 6.07) is 5.10. The summed E-state index contributed by atoms with van der Waals surface area (Å²) in [6.07, 6.45) is 1.61. The van der Waals surface area contributed by atoms with Gasteiger partial charge in [0.25, 0.3) is 5.91 Å². The first-order chi connectivity index (χ1) is 13.0. The Morgan fingerprint density at radius 3 is 2.48 bits per heavy atom. The molecule has 1 aromatic rings. The smallest absolute Gasteiger partial charge is 0.319 e. The number of hydrogen-bond acceptors (Lipinski definition) is 5. The molecule has 1 aromatic carbocycles. The Bertz CT molecular complexity index is 644. The van der Waals surface area contributed by atoms with Crippen LogP contribution in [0.3, 0.4) is 0 Å². The predicted molar refractivity (Wildman–Crippen MR) is 102 cm³/mol. The Morgan fingerprint density at radius 1 is 1.19 bits per heavy atom. The number of nitrogens with one attached hydrogen (secondary N) is 1. The van der Waals surface area contributed by atoms with E-state index in [-0.39, 0.29) is 18.0 Å². The first kappa shape index (κ1) is 20.8. The minimum atomic E-state index is -0.251. The van der Waals surface area contributed by atoms with Gasteiger partial charge < -0.3 is 29.3 Å². The molecule has 2 rings (SSSR count). The van der Waals surface area contributed by atoms with Crippen molar-refractivity contribution in [2.24, 2.45) is 0 Å². The molecule has 8 nitrogen and oxygen atoms in total. The van der Waals surface area contributed by atoms with Crippen LogP contribution >= 0.6 is 0 Å². The first-order valence-corrected chi connectivity index (χ1v) is 9.03. The fraction of sp³-hybridized carbons (Fsp3) is 0.579. The SMILES string of the molecule is COc1ccc(C(=O)NCCN(C(=O)N(C)C)C2CCOCC2)c(OC)c1. The number of benzene rings is 1. The van der Waals surface area contributed by atoms with E-state index in [9.17, 15) is 9.59 Å². The highest BCUT2D eigenvalue weighted by atomic mass is 16.5. The van der Waals surface area contributed by atoms with Gasteiger partial charge in [-0.05, 0) is 25.0 Å². The van der Waals surface area contributed by atoms with Crippen LogP contribution in [-0.4, -0.2) is 82.4 Å². The molecule has 0 bridgehead atoms. The van der Waals surface area contributed by atoms with Gasteiger partial charge in [0, 0.05) is 52.5 Å². The standard InChI is InChI=1S/C19H29N3O5/c1-21(2)19(24)22(14-7-11-27-12-8-14)10-9-20-18(23)16-6-5-15(25-3)13-17(16)26-4/h5-6,13-14H,7-12H2,1-4H3,(H,20,23). The highest BCUT2D eigenvalue weighted by molar-refractivity contribution is 5.97. The maximum Gasteiger partial charge on any atom is 0.319 e. The third kappa shape index (κ3) is 5.50. The molecule has 27 heavy (non-hydrogen) atoms. The van der Waals surface area contributed by atoms with E-state index >= 15 is 0 Å².